The van der Waals surface area contributed by atoms with Gasteiger partial charge in [-0.3, -0.25) is 25.1 Å². The highest BCUT2D eigenvalue weighted by Gasteiger charge is 2.24. The minimum Gasteiger partial charge on any atom is -0.294 e. The summed E-state index contributed by atoms with van der Waals surface area (Å²) in [6.07, 6.45) is 7.16. The molecule has 0 bridgehead atoms. The van der Waals surface area contributed by atoms with E-state index in [1.807, 2.05) is 4.90 Å². The van der Waals surface area contributed by atoms with Gasteiger partial charge in [0.2, 0.25) is 0 Å². The second-order valence-corrected chi connectivity index (χ2v) is 6.58. The molecule has 2 aromatic heterocycles. The van der Waals surface area contributed by atoms with Crippen LogP contribution in [0, 0.1) is 20.2 Å². The highest BCUT2D eigenvalue weighted by atomic mass is 16.6. The van der Waals surface area contributed by atoms with Gasteiger partial charge in [-0.1, -0.05) is 0 Å². The Labute approximate surface area is 164 Å². The third-order valence-corrected chi connectivity index (χ3v) is 4.70. The van der Waals surface area contributed by atoms with E-state index in [0.29, 0.717) is 37.4 Å². The van der Waals surface area contributed by atoms with E-state index in [1.165, 1.54) is 18.5 Å². The van der Waals surface area contributed by atoms with Crippen molar-refractivity contribution in [3.63, 3.8) is 0 Å². The predicted molar refractivity (Wildman–Crippen MR) is 101 cm³/mol. The van der Waals surface area contributed by atoms with Crippen LogP contribution in [0.1, 0.15) is 16.8 Å². The van der Waals surface area contributed by atoms with Gasteiger partial charge in [-0.05, 0) is 6.07 Å². The van der Waals surface area contributed by atoms with Gasteiger partial charge >= 0.3 is 0 Å². The summed E-state index contributed by atoms with van der Waals surface area (Å²) in [6.45, 7) is 1.50. The lowest BCUT2D eigenvalue weighted by molar-refractivity contribution is -0.394. The molecule has 0 saturated carbocycles. The van der Waals surface area contributed by atoms with Crippen molar-refractivity contribution in [2.24, 2.45) is 0 Å². The fourth-order valence-electron chi connectivity index (χ4n) is 3.27. The van der Waals surface area contributed by atoms with Gasteiger partial charge in [-0.2, -0.15) is 0 Å². The maximum atomic E-state index is 11.3. The van der Waals surface area contributed by atoms with Gasteiger partial charge in [0.25, 0.3) is 11.4 Å². The van der Waals surface area contributed by atoms with Crippen LogP contribution in [0.15, 0.2) is 43.1 Å². The Morgan fingerprint density at radius 2 is 1.86 bits per heavy atom. The van der Waals surface area contributed by atoms with E-state index in [2.05, 4.69) is 19.9 Å². The van der Waals surface area contributed by atoms with Gasteiger partial charge in [0.15, 0.2) is 5.82 Å². The quantitative estimate of drug-likeness (QED) is 0.471. The van der Waals surface area contributed by atoms with Crippen molar-refractivity contribution < 1.29 is 9.85 Å². The van der Waals surface area contributed by atoms with Gasteiger partial charge in [0.05, 0.1) is 27.2 Å². The molecule has 1 aliphatic rings. The molecule has 3 heterocycles. The van der Waals surface area contributed by atoms with Crippen LogP contribution in [-0.2, 0) is 19.5 Å². The number of nitro benzene ring substituents is 2. The van der Waals surface area contributed by atoms with Crippen LogP contribution in [0.3, 0.4) is 0 Å². The molecule has 0 atom stereocenters. The first kappa shape index (κ1) is 18.5. The lowest BCUT2D eigenvalue weighted by Gasteiger charge is -2.27. The molecule has 0 amide bonds. The summed E-state index contributed by atoms with van der Waals surface area (Å²) in [4.78, 5) is 40.0. The van der Waals surface area contributed by atoms with E-state index in [1.54, 1.807) is 18.6 Å². The maximum Gasteiger partial charge on any atom is 0.280 e. The predicted octanol–water partition coefficient (Wildman–Crippen LogP) is 2.31. The molecule has 11 heteroatoms. The van der Waals surface area contributed by atoms with E-state index in [-0.39, 0.29) is 11.4 Å². The normalized spacial score (nSPS) is 13.7. The summed E-state index contributed by atoms with van der Waals surface area (Å²) in [6, 6.07) is 3.74. The lowest BCUT2D eigenvalue weighted by atomic mass is 10.1. The van der Waals surface area contributed by atoms with Gasteiger partial charge in [0.1, 0.15) is 6.33 Å². The summed E-state index contributed by atoms with van der Waals surface area (Å²) < 4.78 is 0. The molecule has 0 fully saturated rings. The van der Waals surface area contributed by atoms with Crippen molar-refractivity contribution in [1.82, 2.24) is 24.8 Å². The molecule has 146 valence electrons. The molecular weight excluding hydrogens is 378 g/mol. The maximum absolute atomic E-state index is 11.3. The van der Waals surface area contributed by atoms with E-state index in [4.69, 9.17) is 0 Å². The fourth-order valence-corrected chi connectivity index (χ4v) is 3.27. The monoisotopic (exact) mass is 393 g/mol. The molecule has 1 aromatic carbocycles. The number of benzene rings is 1. The molecule has 0 N–H and O–H groups in total. The highest BCUT2D eigenvalue weighted by Crippen LogP contribution is 2.28. The minimum atomic E-state index is -0.638. The Hall–Kier alpha value is -3.86. The average molecular weight is 393 g/mol. The van der Waals surface area contributed by atoms with Crippen LogP contribution < -0.4 is 0 Å². The van der Waals surface area contributed by atoms with Gasteiger partial charge in [-0.25, -0.2) is 19.9 Å². The lowest BCUT2D eigenvalue weighted by Crippen LogP contribution is -2.31. The highest BCUT2D eigenvalue weighted by molar-refractivity contribution is 5.52. The fraction of sp³-hybridized carbons (Fsp3) is 0.222. The number of non-ortho nitro benzene ring substituents is 1. The molecule has 0 saturated heterocycles. The first-order valence-electron chi connectivity index (χ1n) is 8.75. The number of nitro groups is 2. The summed E-state index contributed by atoms with van der Waals surface area (Å²) in [5, 5.41) is 22.2. The van der Waals surface area contributed by atoms with Crippen LogP contribution in [0.5, 0.6) is 0 Å². The first-order chi connectivity index (χ1) is 14.0. The van der Waals surface area contributed by atoms with Crippen LogP contribution >= 0.6 is 0 Å². The number of rotatable bonds is 5. The average Bonchev–Trinajstić information content (AvgIpc) is 2.74. The smallest absolute Gasteiger partial charge is 0.280 e. The second-order valence-electron chi connectivity index (χ2n) is 6.58. The van der Waals surface area contributed by atoms with Crippen molar-refractivity contribution in [3.05, 3.63) is 80.2 Å². The van der Waals surface area contributed by atoms with Crippen molar-refractivity contribution in [3.8, 4) is 11.4 Å². The summed E-state index contributed by atoms with van der Waals surface area (Å²) >= 11 is 0. The molecule has 29 heavy (non-hydrogen) atoms. The molecule has 0 radical (unpaired) electrons. The summed E-state index contributed by atoms with van der Waals surface area (Å²) in [5.41, 5.74) is 2.49. The number of aromatic nitrogens is 4. The zero-order chi connectivity index (χ0) is 20.4. The first-order valence-corrected chi connectivity index (χ1v) is 8.75. The molecule has 0 unspecified atom stereocenters. The third-order valence-electron chi connectivity index (χ3n) is 4.70. The third kappa shape index (κ3) is 3.89. The largest absolute Gasteiger partial charge is 0.294 e. The van der Waals surface area contributed by atoms with E-state index < -0.39 is 9.85 Å². The standard InChI is InChI=1S/C18H15N7O4/c26-24(27)15-2-1-12(17(5-15)25(28)29)9-23-4-3-16-14(10-23)8-21-18(22-16)13-6-19-11-20-7-13/h1-2,5-8,11H,3-4,9-10H2. The second kappa shape index (κ2) is 7.64. The number of hydrogen-bond donors (Lipinski definition) is 0. The van der Waals surface area contributed by atoms with E-state index >= 15 is 0 Å². The SMILES string of the molecule is O=[N+]([O-])c1ccc(CN2CCc3nc(-c4cncnc4)ncc3C2)c([N+](=O)[O-])c1. The van der Waals surface area contributed by atoms with Crippen molar-refractivity contribution in [1.29, 1.82) is 0 Å². The van der Waals surface area contributed by atoms with Crippen LogP contribution in [0.4, 0.5) is 11.4 Å². The Balaban J connectivity index is 1.54. The van der Waals surface area contributed by atoms with Crippen molar-refractivity contribution in [2.75, 3.05) is 6.54 Å². The Morgan fingerprint density at radius 3 is 2.59 bits per heavy atom. The van der Waals surface area contributed by atoms with Gasteiger partial charge in [-0.15, -0.1) is 0 Å². The molecule has 3 aromatic rings. The Kier molecular flexibility index (Phi) is 4.87. The zero-order valence-electron chi connectivity index (χ0n) is 15.1. The molecule has 4 rings (SSSR count). The molecular formula is C18H15N7O4. The topological polar surface area (TPSA) is 141 Å². The zero-order valence-corrected chi connectivity index (χ0v) is 15.1. The van der Waals surface area contributed by atoms with Crippen LogP contribution in [0.2, 0.25) is 0 Å². The number of hydrogen-bond acceptors (Lipinski definition) is 9. The van der Waals surface area contributed by atoms with Gasteiger partial charge in [0, 0.05) is 61.8 Å². The Morgan fingerprint density at radius 1 is 1.07 bits per heavy atom. The summed E-state index contributed by atoms with van der Waals surface area (Å²) in [5.74, 6) is 0.559. The Bertz CT molecular complexity index is 1090. The van der Waals surface area contributed by atoms with Crippen LogP contribution in [0.25, 0.3) is 11.4 Å². The van der Waals surface area contributed by atoms with Crippen molar-refractivity contribution >= 4 is 11.4 Å². The minimum absolute atomic E-state index is 0.249. The number of nitrogens with zero attached hydrogens (tertiary/aromatic N) is 7. The van der Waals surface area contributed by atoms with E-state index in [9.17, 15) is 20.2 Å². The molecule has 1 aliphatic heterocycles. The van der Waals surface area contributed by atoms with Crippen LogP contribution in [-0.4, -0.2) is 41.2 Å². The number of fused-ring (bicyclic) bond motifs is 1. The van der Waals surface area contributed by atoms with Gasteiger partial charge < -0.3 is 0 Å². The molecule has 0 spiro atoms. The van der Waals surface area contributed by atoms with Crippen molar-refractivity contribution in [2.45, 2.75) is 19.5 Å². The molecule has 11 nitrogen and oxygen atoms in total. The summed E-state index contributed by atoms with van der Waals surface area (Å²) in [7, 11) is 0. The van der Waals surface area contributed by atoms with E-state index in [0.717, 1.165) is 22.9 Å². The molecule has 0 aliphatic carbocycles.